The van der Waals surface area contributed by atoms with Crippen molar-refractivity contribution in [3.63, 3.8) is 0 Å². The number of hydrogen-bond donors (Lipinski definition) is 2. The average Bonchev–Trinajstić information content (AvgIpc) is 2.52. The van der Waals surface area contributed by atoms with Crippen LogP contribution < -0.4 is 0 Å². The molecule has 0 saturated carbocycles. The molecule has 0 saturated heterocycles. The van der Waals surface area contributed by atoms with Gasteiger partial charge in [-0.15, -0.1) is 0 Å². The van der Waals surface area contributed by atoms with Gasteiger partial charge in [-0.05, 0) is 11.1 Å². The fraction of sp³-hybridized carbons (Fsp3) is 0.118. The molecule has 5 heteroatoms. The summed E-state index contributed by atoms with van der Waals surface area (Å²) in [6.45, 7) is 0. The molecule has 0 aromatic heterocycles. The van der Waals surface area contributed by atoms with Gasteiger partial charge in [-0.25, -0.2) is 0 Å². The number of carboxylic acid groups (broad SMARTS) is 2. The Morgan fingerprint density at radius 2 is 1.27 bits per heavy atom. The standard InChI is InChI=1S/C17H14O5/c18-15(10-14(16(19)20)17(21)22)13-8-6-12(7-9-13)11-4-2-1-3-5-11/h1-9,14H,10H2,(H,19,20)(H,21,22). The molecule has 0 aliphatic carbocycles. The van der Waals surface area contributed by atoms with Gasteiger partial charge in [-0.2, -0.15) is 0 Å². The van der Waals surface area contributed by atoms with Crippen molar-refractivity contribution in [2.75, 3.05) is 0 Å². The number of hydrogen-bond acceptors (Lipinski definition) is 3. The first-order valence-electron chi connectivity index (χ1n) is 6.63. The number of aliphatic carboxylic acids is 2. The number of carboxylic acids is 2. The van der Waals surface area contributed by atoms with Crippen molar-refractivity contribution in [2.45, 2.75) is 6.42 Å². The third-order valence-electron chi connectivity index (χ3n) is 3.30. The maximum atomic E-state index is 12.0. The topological polar surface area (TPSA) is 91.7 Å². The van der Waals surface area contributed by atoms with E-state index in [1.165, 1.54) is 0 Å². The Bertz CT molecular complexity index is 675. The van der Waals surface area contributed by atoms with Crippen LogP contribution in [0.3, 0.4) is 0 Å². The van der Waals surface area contributed by atoms with Gasteiger partial charge in [0.15, 0.2) is 11.7 Å². The molecule has 0 unspecified atom stereocenters. The maximum Gasteiger partial charge on any atom is 0.318 e. The van der Waals surface area contributed by atoms with Crippen LogP contribution in [0.2, 0.25) is 0 Å². The van der Waals surface area contributed by atoms with Gasteiger partial charge in [-0.1, -0.05) is 54.6 Å². The van der Waals surface area contributed by atoms with Crippen LogP contribution in [-0.2, 0) is 9.59 Å². The van der Waals surface area contributed by atoms with Gasteiger partial charge in [-0.3, -0.25) is 14.4 Å². The summed E-state index contributed by atoms with van der Waals surface area (Å²) in [7, 11) is 0. The molecule has 0 amide bonds. The second kappa shape index (κ2) is 6.67. The number of Topliss-reactive ketones (excluding diaryl/α,β-unsaturated/α-hetero) is 1. The van der Waals surface area contributed by atoms with Crippen LogP contribution in [0.1, 0.15) is 16.8 Å². The Balaban J connectivity index is 2.15. The van der Waals surface area contributed by atoms with Crippen LogP contribution in [-0.4, -0.2) is 27.9 Å². The molecule has 22 heavy (non-hydrogen) atoms. The average molecular weight is 298 g/mol. The first kappa shape index (κ1) is 15.4. The molecule has 0 atom stereocenters. The van der Waals surface area contributed by atoms with Gasteiger partial charge in [0.2, 0.25) is 0 Å². The third kappa shape index (κ3) is 3.58. The molecule has 0 fully saturated rings. The fourth-order valence-corrected chi connectivity index (χ4v) is 2.06. The van der Waals surface area contributed by atoms with E-state index in [-0.39, 0.29) is 0 Å². The Labute approximate surface area is 126 Å². The van der Waals surface area contributed by atoms with Gasteiger partial charge in [0, 0.05) is 12.0 Å². The molecule has 0 bridgehead atoms. The van der Waals surface area contributed by atoms with Crippen molar-refractivity contribution in [1.29, 1.82) is 0 Å². The van der Waals surface area contributed by atoms with Crippen molar-refractivity contribution in [3.05, 3.63) is 60.2 Å². The maximum absolute atomic E-state index is 12.0. The van der Waals surface area contributed by atoms with Gasteiger partial charge < -0.3 is 10.2 Å². The SMILES string of the molecule is O=C(CC(C(=O)O)C(=O)O)c1ccc(-c2ccccc2)cc1. The Morgan fingerprint density at radius 3 is 1.77 bits per heavy atom. The zero-order valence-corrected chi connectivity index (χ0v) is 11.6. The zero-order valence-electron chi connectivity index (χ0n) is 11.6. The van der Waals surface area contributed by atoms with E-state index in [0.29, 0.717) is 5.56 Å². The van der Waals surface area contributed by atoms with Crippen molar-refractivity contribution in [2.24, 2.45) is 5.92 Å². The molecule has 112 valence electrons. The number of benzene rings is 2. The van der Waals surface area contributed by atoms with E-state index in [0.717, 1.165) is 11.1 Å². The lowest BCUT2D eigenvalue weighted by Crippen LogP contribution is -2.26. The number of carbonyl (C=O) groups excluding carboxylic acids is 1. The largest absolute Gasteiger partial charge is 0.481 e. The van der Waals surface area contributed by atoms with E-state index in [1.54, 1.807) is 24.3 Å². The number of carbonyl (C=O) groups is 3. The van der Waals surface area contributed by atoms with Crippen molar-refractivity contribution < 1.29 is 24.6 Å². The summed E-state index contributed by atoms with van der Waals surface area (Å²) in [4.78, 5) is 33.6. The molecule has 2 rings (SSSR count). The van der Waals surface area contributed by atoms with E-state index in [9.17, 15) is 14.4 Å². The van der Waals surface area contributed by atoms with Gasteiger partial charge >= 0.3 is 11.9 Å². The van der Waals surface area contributed by atoms with Crippen molar-refractivity contribution >= 4 is 17.7 Å². The van der Waals surface area contributed by atoms with Crippen LogP contribution in [0.25, 0.3) is 11.1 Å². The molecular weight excluding hydrogens is 284 g/mol. The summed E-state index contributed by atoms with van der Waals surface area (Å²) in [5.74, 6) is -5.25. The predicted molar refractivity (Wildman–Crippen MR) is 79.6 cm³/mol. The minimum atomic E-state index is -1.72. The van der Waals surface area contributed by atoms with Crippen LogP contribution in [0.5, 0.6) is 0 Å². The summed E-state index contributed by atoms with van der Waals surface area (Å²) in [5, 5.41) is 17.6. The molecule has 0 radical (unpaired) electrons. The normalized spacial score (nSPS) is 10.4. The summed E-state index contributed by atoms with van der Waals surface area (Å²) in [5.41, 5.74) is 2.22. The van der Waals surface area contributed by atoms with Crippen molar-refractivity contribution in [3.8, 4) is 11.1 Å². The van der Waals surface area contributed by atoms with Gasteiger partial charge in [0.05, 0.1) is 0 Å². The third-order valence-corrected chi connectivity index (χ3v) is 3.30. The van der Waals surface area contributed by atoms with Crippen LogP contribution in [0.4, 0.5) is 0 Å². The van der Waals surface area contributed by atoms with E-state index in [2.05, 4.69) is 0 Å². The monoisotopic (exact) mass is 298 g/mol. The minimum Gasteiger partial charge on any atom is -0.481 e. The smallest absolute Gasteiger partial charge is 0.318 e. The minimum absolute atomic E-state index is 0.298. The van der Waals surface area contributed by atoms with E-state index in [1.807, 2.05) is 30.3 Å². The number of rotatable bonds is 6. The van der Waals surface area contributed by atoms with Gasteiger partial charge in [0.1, 0.15) is 0 Å². The molecule has 0 heterocycles. The van der Waals surface area contributed by atoms with E-state index < -0.39 is 30.1 Å². The molecule has 2 N–H and O–H groups in total. The fourth-order valence-electron chi connectivity index (χ4n) is 2.06. The van der Waals surface area contributed by atoms with Gasteiger partial charge in [0.25, 0.3) is 0 Å². The lowest BCUT2D eigenvalue weighted by Gasteiger charge is -2.07. The lowest BCUT2D eigenvalue weighted by atomic mass is 9.96. The molecule has 0 aliphatic heterocycles. The Kier molecular flexibility index (Phi) is 4.68. The zero-order chi connectivity index (χ0) is 16.1. The highest BCUT2D eigenvalue weighted by Gasteiger charge is 2.28. The summed E-state index contributed by atoms with van der Waals surface area (Å²) >= 11 is 0. The molecule has 0 spiro atoms. The van der Waals surface area contributed by atoms with Crippen LogP contribution in [0.15, 0.2) is 54.6 Å². The summed E-state index contributed by atoms with van der Waals surface area (Å²) in [6, 6.07) is 16.2. The highest BCUT2D eigenvalue weighted by atomic mass is 16.4. The van der Waals surface area contributed by atoms with E-state index >= 15 is 0 Å². The molecule has 2 aromatic rings. The second-order valence-electron chi connectivity index (χ2n) is 4.80. The Morgan fingerprint density at radius 1 is 0.773 bits per heavy atom. The van der Waals surface area contributed by atoms with Crippen LogP contribution in [0, 0.1) is 5.92 Å². The quantitative estimate of drug-likeness (QED) is 0.632. The van der Waals surface area contributed by atoms with Crippen LogP contribution >= 0.6 is 0 Å². The first-order valence-corrected chi connectivity index (χ1v) is 6.63. The summed E-state index contributed by atoms with van der Waals surface area (Å²) in [6.07, 6.45) is -0.560. The molecule has 2 aromatic carbocycles. The van der Waals surface area contributed by atoms with E-state index in [4.69, 9.17) is 10.2 Å². The molecule has 5 nitrogen and oxygen atoms in total. The highest BCUT2D eigenvalue weighted by Crippen LogP contribution is 2.20. The predicted octanol–water partition coefficient (Wildman–Crippen LogP) is 2.71. The molecular formula is C17H14O5. The highest BCUT2D eigenvalue weighted by molar-refractivity contribution is 6.03. The second-order valence-corrected chi connectivity index (χ2v) is 4.80. The lowest BCUT2D eigenvalue weighted by molar-refractivity contribution is -0.154. The Hall–Kier alpha value is -2.95. The summed E-state index contributed by atoms with van der Waals surface area (Å²) < 4.78 is 0. The molecule has 0 aliphatic rings. The van der Waals surface area contributed by atoms with Crippen molar-refractivity contribution in [1.82, 2.24) is 0 Å². The number of ketones is 1. The first-order chi connectivity index (χ1) is 10.5.